The minimum Gasteiger partial charge on any atom is -0.321 e. The third-order valence-corrected chi connectivity index (χ3v) is 4.47. The van der Waals surface area contributed by atoms with Crippen LogP contribution in [0.25, 0.3) is 22.1 Å². The lowest BCUT2D eigenvalue weighted by Gasteiger charge is -2.12. The number of hydrogen-bond acceptors (Lipinski definition) is 3. The van der Waals surface area contributed by atoms with E-state index in [4.69, 9.17) is 11.6 Å². The number of rotatable bonds is 2. The summed E-state index contributed by atoms with van der Waals surface area (Å²) < 4.78 is 38.3. The standard InChI is InChI=1S/C20H11ClF3N3O/c21-13-10-11(20(22,23)24)8-9-14(13)27-19(28)12-4-3-7-17-18(12)26-16-6-2-1-5-15(16)25-17/h1-10H,(H,27,28). The van der Waals surface area contributed by atoms with Gasteiger partial charge in [-0.1, -0.05) is 29.8 Å². The molecule has 1 aromatic heterocycles. The molecule has 1 amide bonds. The molecule has 0 spiro atoms. The minimum absolute atomic E-state index is 0.0745. The predicted molar refractivity (Wildman–Crippen MR) is 101 cm³/mol. The normalized spacial score (nSPS) is 11.7. The van der Waals surface area contributed by atoms with Crippen molar-refractivity contribution >= 4 is 45.3 Å². The molecule has 0 saturated heterocycles. The number of hydrogen-bond donors (Lipinski definition) is 1. The maximum atomic E-state index is 12.8. The number of nitrogens with zero attached hydrogens (tertiary/aromatic N) is 2. The summed E-state index contributed by atoms with van der Waals surface area (Å²) in [5.41, 5.74) is 1.67. The van der Waals surface area contributed by atoms with Gasteiger partial charge in [-0.05, 0) is 42.5 Å². The van der Waals surface area contributed by atoms with E-state index in [2.05, 4.69) is 15.3 Å². The predicted octanol–water partition coefficient (Wildman–Crippen LogP) is 5.71. The monoisotopic (exact) mass is 401 g/mol. The first-order valence-corrected chi connectivity index (χ1v) is 8.54. The second-order valence-corrected chi connectivity index (χ2v) is 6.44. The third-order valence-electron chi connectivity index (χ3n) is 4.16. The molecule has 3 aromatic carbocycles. The second kappa shape index (κ2) is 6.76. The number of anilines is 1. The van der Waals surface area contributed by atoms with Crippen molar-refractivity contribution in [2.24, 2.45) is 0 Å². The van der Waals surface area contributed by atoms with Crippen LogP contribution in [0.1, 0.15) is 15.9 Å². The Labute approximate surface area is 162 Å². The van der Waals surface area contributed by atoms with E-state index in [0.29, 0.717) is 22.1 Å². The van der Waals surface area contributed by atoms with Crippen LogP contribution in [0.15, 0.2) is 60.7 Å². The number of alkyl halides is 3. The fraction of sp³-hybridized carbons (Fsp3) is 0.0500. The van der Waals surface area contributed by atoms with E-state index in [-0.39, 0.29) is 16.3 Å². The molecule has 0 aliphatic rings. The summed E-state index contributed by atoms with van der Waals surface area (Å²) >= 11 is 5.92. The van der Waals surface area contributed by atoms with Gasteiger partial charge in [0.1, 0.15) is 5.52 Å². The van der Waals surface area contributed by atoms with Crippen LogP contribution in [-0.2, 0) is 6.18 Å². The average Bonchev–Trinajstić information content (AvgIpc) is 2.66. The highest BCUT2D eigenvalue weighted by Crippen LogP contribution is 2.34. The number of aromatic nitrogens is 2. The van der Waals surface area contributed by atoms with Gasteiger partial charge in [-0.25, -0.2) is 9.97 Å². The van der Waals surface area contributed by atoms with Crippen LogP contribution >= 0.6 is 11.6 Å². The largest absolute Gasteiger partial charge is 0.416 e. The summed E-state index contributed by atoms with van der Waals surface area (Å²) in [7, 11) is 0. The van der Waals surface area contributed by atoms with Crippen LogP contribution in [0, 0.1) is 0 Å². The van der Waals surface area contributed by atoms with Gasteiger partial charge in [0.15, 0.2) is 0 Å². The van der Waals surface area contributed by atoms with E-state index in [9.17, 15) is 18.0 Å². The number of fused-ring (bicyclic) bond motifs is 2. The van der Waals surface area contributed by atoms with Crippen LogP contribution < -0.4 is 5.32 Å². The van der Waals surface area contributed by atoms with Crippen LogP contribution in [0.4, 0.5) is 18.9 Å². The highest BCUT2D eigenvalue weighted by atomic mass is 35.5. The van der Waals surface area contributed by atoms with Crippen molar-refractivity contribution in [3.8, 4) is 0 Å². The fourth-order valence-corrected chi connectivity index (χ4v) is 3.04. The zero-order valence-electron chi connectivity index (χ0n) is 14.1. The number of carbonyl (C=O) groups excluding carboxylic acids is 1. The Hall–Kier alpha value is -3.19. The number of halogens is 4. The molecule has 4 aromatic rings. The number of carbonyl (C=O) groups is 1. The molecule has 0 atom stereocenters. The van der Waals surface area contributed by atoms with Crippen molar-refractivity contribution in [1.82, 2.24) is 9.97 Å². The van der Waals surface area contributed by atoms with Gasteiger partial charge in [0.2, 0.25) is 0 Å². The molecule has 1 N–H and O–H groups in total. The van der Waals surface area contributed by atoms with E-state index in [0.717, 1.165) is 18.2 Å². The van der Waals surface area contributed by atoms with E-state index >= 15 is 0 Å². The molecule has 1 heterocycles. The topological polar surface area (TPSA) is 54.9 Å². The maximum Gasteiger partial charge on any atom is 0.416 e. The second-order valence-electron chi connectivity index (χ2n) is 6.03. The van der Waals surface area contributed by atoms with Crippen molar-refractivity contribution < 1.29 is 18.0 Å². The van der Waals surface area contributed by atoms with Crippen molar-refractivity contribution in [2.75, 3.05) is 5.32 Å². The van der Waals surface area contributed by atoms with Gasteiger partial charge < -0.3 is 5.32 Å². The van der Waals surface area contributed by atoms with Crippen molar-refractivity contribution in [3.63, 3.8) is 0 Å². The van der Waals surface area contributed by atoms with Gasteiger partial charge in [0, 0.05) is 0 Å². The summed E-state index contributed by atoms with van der Waals surface area (Å²) in [6.07, 6.45) is -4.52. The molecule has 0 aliphatic carbocycles. The van der Waals surface area contributed by atoms with Crippen molar-refractivity contribution in [3.05, 3.63) is 76.8 Å². The quantitative estimate of drug-likeness (QED) is 0.438. The summed E-state index contributed by atoms with van der Waals surface area (Å²) in [6, 6.07) is 15.0. The molecule has 8 heteroatoms. The Kier molecular flexibility index (Phi) is 4.39. The van der Waals surface area contributed by atoms with E-state index < -0.39 is 17.6 Å². The molecule has 0 aliphatic heterocycles. The first-order valence-electron chi connectivity index (χ1n) is 8.16. The Balaban J connectivity index is 1.72. The summed E-state index contributed by atoms with van der Waals surface area (Å²) in [5, 5.41) is 2.33. The number of benzene rings is 3. The molecular formula is C20H11ClF3N3O. The minimum atomic E-state index is -4.52. The molecule has 4 rings (SSSR count). The van der Waals surface area contributed by atoms with Crippen LogP contribution in [0.5, 0.6) is 0 Å². The molecule has 0 bridgehead atoms. The number of nitrogens with one attached hydrogen (secondary N) is 1. The fourth-order valence-electron chi connectivity index (χ4n) is 2.81. The lowest BCUT2D eigenvalue weighted by atomic mass is 10.1. The van der Waals surface area contributed by atoms with E-state index in [1.807, 2.05) is 18.2 Å². The van der Waals surface area contributed by atoms with Crippen molar-refractivity contribution in [2.45, 2.75) is 6.18 Å². The summed E-state index contributed by atoms with van der Waals surface area (Å²) in [5.74, 6) is -0.545. The van der Waals surface area contributed by atoms with Crippen LogP contribution in [-0.4, -0.2) is 15.9 Å². The van der Waals surface area contributed by atoms with E-state index in [1.54, 1.807) is 24.3 Å². The molecule has 4 nitrogen and oxygen atoms in total. The van der Waals surface area contributed by atoms with E-state index in [1.165, 1.54) is 0 Å². The number of para-hydroxylation sites is 3. The molecule has 0 saturated carbocycles. The van der Waals surface area contributed by atoms with Gasteiger partial charge >= 0.3 is 6.18 Å². The highest BCUT2D eigenvalue weighted by molar-refractivity contribution is 6.34. The van der Waals surface area contributed by atoms with Gasteiger partial charge in [-0.3, -0.25) is 4.79 Å². The molecular weight excluding hydrogens is 391 g/mol. The lowest BCUT2D eigenvalue weighted by molar-refractivity contribution is -0.137. The molecule has 0 fully saturated rings. The Morgan fingerprint density at radius 3 is 2.25 bits per heavy atom. The lowest BCUT2D eigenvalue weighted by Crippen LogP contribution is -2.14. The SMILES string of the molecule is O=C(Nc1ccc(C(F)(F)F)cc1Cl)c1cccc2nc3ccccc3nc12. The Morgan fingerprint density at radius 1 is 0.893 bits per heavy atom. The average molecular weight is 402 g/mol. The molecule has 140 valence electrons. The zero-order chi connectivity index (χ0) is 19.9. The maximum absolute atomic E-state index is 12.8. The Morgan fingerprint density at radius 2 is 1.57 bits per heavy atom. The molecule has 28 heavy (non-hydrogen) atoms. The zero-order valence-corrected chi connectivity index (χ0v) is 14.8. The van der Waals surface area contributed by atoms with Gasteiger partial charge in [0.05, 0.1) is 38.4 Å². The Bertz CT molecular complexity index is 1220. The van der Waals surface area contributed by atoms with Crippen LogP contribution in [0.3, 0.4) is 0 Å². The third kappa shape index (κ3) is 3.36. The molecule has 0 radical (unpaired) electrons. The number of amides is 1. The smallest absolute Gasteiger partial charge is 0.321 e. The summed E-state index contributed by atoms with van der Waals surface area (Å²) in [4.78, 5) is 21.7. The van der Waals surface area contributed by atoms with Gasteiger partial charge in [0.25, 0.3) is 5.91 Å². The summed E-state index contributed by atoms with van der Waals surface area (Å²) in [6.45, 7) is 0. The molecule has 0 unspecified atom stereocenters. The first-order chi connectivity index (χ1) is 13.3. The first kappa shape index (κ1) is 18.2. The van der Waals surface area contributed by atoms with Gasteiger partial charge in [-0.15, -0.1) is 0 Å². The highest BCUT2D eigenvalue weighted by Gasteiger charge is 2.31. The van der Waals surface area contributed by atoms with Crippen LogP contribution in [0.2, 0.25) is 5.02 Å². The van der Waals surface area contributed by atoms with Gasteiger partial charge in [-0.2, -0.15) is 13.2 Å². The van der Waals surface area contributed by atoms with Crippen molar-refractivity contribution in [1.29, 1.82) is 0 Å².